The number of benzene rings is 4. The summed E-state index contributed by atoms with van der Waals surface area (Å²) in [6.07, 6.45) is 3.31. The van der Waals surface area contributed by atoms with Crippen molar-refractivity contribution < 1.29 is 9.59 Å². The molecule has 2 amide bonds. The number of carbonyl (C=O) groups excluding carboxylic acids is 2. The van der Waals surface area contributed by atoms with Gasteiger partial charge in [0.15, 0.2) is 5.96 Å². The molecule has 0 radical (unpaired) electrons. The number of nitrogens with zero attached hydrogens (tertiary/aromatic N) is 1. The van der Waals surface area contributed by atoms with Crippen LogP contribution in [0.3, 0.4) is 0 Å². The van der Waals surface area contributed by atoms with Gasteiger partial charge in [0.25, 0.3) is 0 Å². The highest BCUT2D eigenvalue weighted by Crippen LogP contribution is 2.21. The van der Waals surface area contributed by atoms with E-state index in [2.05, 4.69) is 69.5 Å². The molecule has 0 aliphatic carbocycles. The molecule has 4 rings (SSSR count). The number of aryl methyl sites for hydroxylation is 1. The molecule has 0 bridgehead atoms. The van der Waals surface area contributed by atoms with E-state index in [0.717, 1.165) is 47.1 Å². The zero-order valence-electron chi connectivity index (χ0n) is 26.9. The Hall–Kier alpha value is -4.99. The Morgan fingerprint density at radius 1 is 0.617 bits per heavy atom. The number of guanidine groups is 1. The van der Waals surface area contributed by atoms with E-state index in [1.165, 1.54) is 5.56 Å². The fourth-order valence-corrected chi connectivity index (χ4v) is 5.28. The summed E-state index contributed by atoms with van der Waals surface area (Å²) >= 11 is 0. The number of unbranched alkanes of at least 4 members (excludes halogenated alkanes) is 1. The predicted molar refractivity (Wildman–Crippen MR) is 191 cm³/mol. The van der Waals surface area contributed by atoms with Gasteiger partial charge < -0.3 is 33.2 Å². The van der Waals surface area contributed by atoms with Crippen LogP contribution < -0.4 is 33.2 Å². The SMILES string of the molecule is NC(N)=NCCCCNC(=O)[C@H](CCc1ccc(-c2ccccc2)cc1)NCCNC(=O)C(N)Cc1ccc(-c2ccccc2)cc1. The Labute approximate surface area is 278 Å². The maximum absolute atomic E-state index is 13.2. The van der Waals surface area contributed by atoms with Gasteiger partial charge >= 0.3 is 0 Å². The van der Waals surface area contributed by atoms with E-state index in [-0.39, 0.29) is 17.8 Å². The molecule has 9 nitrogen and oxygen atoms in total. The lowest BCUT2D eigenvalue weighted by molar-refractivity contribution is -0.123. The van der Waals surface area contributed by atoms with Crippen molar-refractivity contribution in [3.63, 3.8) is 0 Å². The summed E-state index contributed by atoms with van der Waals surface area (Å²) in [6.45, 7) is 1.84. The minimum atomic E-state index is -0.672. The average molecular weight is 634 g/mol. The van der Waals surface area contributed by atoms with Crippen molar-refractivity contribution in [1.82, 2.24) is 16.0 Å². The van der Waals surface area contributed by atoms with E-state index in [1.807, 2.05) is 60.7 Å². The van der Waals surface area contributed by atoms with Gasteiger partial charge in [0.1, 0.15) is 0 Å². The first kappa shape index (κ1) is 34.9. The van der Waals surface area contributed by atoms with Crippen molar-refractivity contribution in [1.29, 1.82) is 0 Å². The summed E-state index contributed by atoms with van der Waals surface area (Å²) in [5.41, 5.74) is 23.7. The molecule has 0 aliphatic heterocycles. The molecule has 0 heterocycles. The molecule has 0 aromatic heterocycles. The highest BCUT2D eigenvalue weighted by atomic mass is 16.2. The fourth-order valence-electron chi connectivity index (χ4n) is 5.28. The Balaban J connectivity index is 1.24. The lowest BCUT2D eigenvalue weighted by Crippen LogP contribution is -2.48. The molecule has 0 saturated carbocycles. The van der Waals surface area contributed by atoms with E-state index in [0.29, 0.717) is 39.0 Å². The fraction of sp³-hybridized carbons (Fsp3) is 0.289. The predicted octanol–water partition coefficient (Wildman–Crippen LogP) is 3.77. The minimum absolute atomic E-state index is 0.0700. The standard InChI is InChI=1S/C38H47N7O2/c39-34(27-29-15-20-33(21-16-29)31-11-5-2-6-12-31)36(46)44-26-25-42-35(37(47)43-23-7-8-24-45-38(40)41)22-17-28-13-18-32(19-14-28)30-9-3-1-4-10-30/h1-6,9-16,18-21,34-35,42H,7-8,17,22-27,39H2,(H,43,47)(H,44,46)(H4,40,41,45)/t34?,35-/m0/s1. The molecule has 0 spiro atoms. The van der Waals surface area contributed by atoms with Crippen LogP contribution in [-0.4, -0.2) is 56.0 Å². The highest BCUT2D eigenvalue weighted by Gasteiger charge is 2.18. The minimum Gasteiger partial charge on any atom is -0.370 e. The van der Waals surface area contributed by atoms with Crippen LogP contribution in [0.1, 0.15) is 30.4 Å². The maximum Gasteiger partial charge on any atom is 0.237 e. The maximum atomic E-state index is 13.2. The van der Waals surface area contributed by atoms with Crippen molar-refractivity contribution in [3.8, 4) is 22.3 Å². The van der Waals surface area contributed by atoms with Crippen molar-refractivity contribution >= 4 is 17.8 Å². The molecule has 9 N–H and O–H groups in total. The average Bonchev–Trinajstić information content (AvgIpc) is 3.10. The summed E-state index contributed by atoms with van der Waals surface area (Å²) in [7, 11) is 0. The number of nitrogens with two attached hydrogens (primary N) is 3. The number of hydrogen-bond donors (Lipinski definition) is 6. The molecule has 246 valence electrons. The molecule has 2 atom stereocenters. The van der Waals surface area contributed by atoms with Gasteiger partial charge in [0, 0.05) is 26.2 Å². The Morgan fingerprint density at radius 2 is 1.15 bits per heavy atom. The second-order valence-electron chi connectivity index (χ2n) is 11.6. The number of rotatable bonds is 18. The first-order valence-corrected chi connectivity index (χ1v) is 16.3. The van der Waals surface area contributed by atoms with Gasteiger partial charge in [-0.05, 0) is 65.5 Å². The van der Waals surface area contributed by atoms with Crippen molar-refractivity contribution in [2.24, 2.45) is 22.2 Å². The lowest BCUT2D eigenvalue weighted by atomic mass is 10.00. The third-order valence-corrected chi connectivity index (χ3v) is 7.95. The number of nitrogens with one attached hydrogen (secondary N) is 3. The van der Waals surface area contributed by atoms with Crippen LogP contribution in [0.15, 0.2) is 114 Å². The molecule has 0 aliphatic rings. The quantitative estimate of drug-likeness (QED) is 0.0556. The number of carbonyl (C=O) groups is 2. The summed E-state index contributed by atoms with van der Waals surface area (Å²) in [5.74, 6) is -0.227. The molecule has 0 fully saturated rings. The summed E-state index contributed by atoms with van der Waals surface area (Å²) in [5, 5.41) is 9.28. The second-order valence-corrected chi connectivity index (χ2v) is 11.6. The lowest BCUT2D eigenvalue weighted by Gasteiger charge is -2.19. The van der Waals surface area contributed by atoms with Gasteiger partial charge in [-0.3, -0.25) is 14.6 Å². The highest BCUT2D eigenvalue weighted by molar-refractivity contribution is 5.82. The third-order valence-electron chi connectivity index (χ3n) is 7.95. The van der Waals surface area contributed by atoms with Crippen LogP contribution in [0.25, 0.3) is 22.3 Å². The number of hydrogen-bond acceptors (Lipinski definition) is 5. The molecular formula is C38H47N7O2. The van der Waals surface area contributed by atoms with Gasteiger partial charge in [-0.1, -0.05) is 109 Å². The van der Waals surface area contributed by atoms with E-state index in [1.54, 1.807) is 0 Å². The van der Waals surface area contributed by atoms with Gasteiger partial charge in [-0.15, -0.1) is 0 Å². The molecule has 4 aromatic rings. The first-order chi connectivity index (χ1) is 22.9. The zero-order chi connectivity index (χ0) is 33.3. The van der Waals surface area contributed by atoms with Crippen molar-refractivity contribution in [2.75, 3.05) is 26.2 Å². The van der Waals surface area contributed by atoms with Gasteiger partial charge in [-0.2, -0.15) is 0 Å². The number of amides is 2. The van der Waals surface area contributed by atoms with E-state index in [4.69, 9.17) is 17.2 Å². The Morgan fingerprint density at radius 3 is 1.72 bits per heavy atom. The van der Waals surface area contributed by atoms with Crippen LogP contribution in [0, 0.1) is 0 Å². The van der Waals surface area contributed by atoms with Gasteiger partial charge in [0.05, 0.1) is 12.1 Å². The topological polar surface area (TPSA) is 161 Å². The number of aliphatic imine (C=N–C) groups is 1. The van der Waals surface area contributed by atoms with Crippen LogP contribution in [0.5, 0.6) is 0 Å². The Bertz CT molecular complexity index is 1540. The van der Waals surface area contributed by atoms with Crippen molar-refractivity contribution in [3.05, 3.63) is 120 Å². The summed E-state index contributed by atoms with van der Waals surface area (Å²) in [6, 6.07) is 35.8. The summed E-state index contributed by atoms with van der Waals surface area (Å²) < 4.78 is 0. The second kappa shape index (κ2) is 18.9. The molecule has 0 saturated heterocycles. The van der Waals surface area contributed by atoms with E-state index < -0.39 is 12.1 Å². The molecule has 9 heteroatoms. The largest absolute Gasteiger partial charge is 0.370 e. The monoisotopic (exact) mass is 633 g/mol. The smallest absolute Gasteiger partial charge is 0.237 e. The van der Waals surface area contributed by atoms with Crippen LogP contribution in [-0.2, 0) is 22.4 Å². The Kier molecular flexibility index (Phi) is 14.0. The first-order valence-electron chi connectivity index (χ1n) is 16.3. The zero-order valence-corrected chi connectivity index (χ0v) is 26.9. The van der Waals surface area contributed by atoms with E-state index >= 15 is 0 Å². The molecular weight excluding hydrogens is 586 g/mol. The third kappa shape index (κ3) is 12.0. The van der Waals surface area contributed by atoms with Crippen LogP contribution >= 0.6 is 0 Å². The van der Waals surface area contributed by atoms with Crippen LogP contribution in [0.2, 0.25) is 0 Å². The molecule has 47 heavy (non-hydrogen) atoms. The van der Waals surface area contributed by atoms with E-state index in [9.17, 15) is 9.59 Å². The summed E-state index contributed by atoms with van der Waals surface area (Å²) in [4.78, 5) is 29.9. The van der Waals surface area contributed by atoms with Gasteiger partial charge in [0.2, 0.25) is 11.8 Å². The molecule has 4 aromatic carbocycles. The van der Waals surface area contributed by atoms with Gasteiger partial charge in [-0.25, -0.2) is 0 Å². The van der Waals surface area contributed by atoms with Crippen LogP contribution in [0.4, 0.5) is 0 Å². The normalized spacial score (nSPS) is 12.1. The molecule has 1 unspecified atom stereocenters. The van der Waals surface area contributed by atoms with Crippen molar-refractivity contribution in [2.45, 2.75) is 44.2 Å².